The first-order valence-electron chi connectivity index (χ1n) is 11.2. The maximum atomic E-state index is 14.9. The molecule has 0 fully saturated rings. The van der Waals surface area contributed by atoms with Gasteiger partial charge in [-0.3, -0.25) is 9.88 Å². The summed E-state index contributed by atoms with van der Waals surface area (Å²) in [5, 5.41) is 18.1. The molecule has 182 valence electrons. The number of aromatic amines is 2. The molecule has 1 aromatic carbocycles. The molecule has 35 heavy (non-hydrogen) atoms. The van der Waals surface area contributed by atoms with Gasteiger partial charge >= 0.3 is 12.2 Å². The Hall–Kier alpha value is -3.77. The summed E-state index contributed by atoms with van der Waals surface area (Å²) in [5.74, 6) is 0.503. The van der Waals surface area contributed by atoms with Crippen molar-refractivity contribution in [3.05, 3.63) is 72.3 Å². The van der Waals surface area contributed by atoms with Gasteiger partial charge in [0.25, 0.3) is 5.82 Å². The highest BCUT2D eigenvalue weighted by atomic mass is 19.1. The molecule has 0 bridgehead atoms. The molecule has 2 atom stereocenters. The van der Waals surface area contributed by atoms with Crippen LogP contribution in [0.2, 0.25) is 0 Å². The zero-order valence-corrected chi connectivity index (χ0v) is 19.3. The van der Waals surface area contributed by atoms with Gasteiger partial charge in [0.1, 0.15) is 48.2 Å². The second-order valence-electron chi connectivity index (χ2n) is 8.56. The number of nitrogens with one attached hydrogen (secondary N) is 2. The van der Waals surface area contributed by atoms with E-state index in [1.165, 1.54) is 18.7 Å². The number of halogens is 2. The summed E-state index contributed by atoms with van der Waals surface area (Å²) in [5.41, 5.74) is -0.949. The number of hydrogen-bond donors (Lipinski definition) is 3. The first kappa shape index (κ1) is 23.0. The van der Waals surface area contributed by atoms with Crippen LogP contribution in [0.3, 0.4) is 0 Å². The van der Waals surface area contributed by atoms with Gasteiger partial charge in [-0.15, -0.1) is 0 Å². The van der Waals surface area contributed by atoms with Gasteiger partial charge in [-0.1, -0.05) is 6.07 Å². The predicted molar refractivity (Wildman–Crippen MR) is 117 cm³/mol. The summed E-state index contributed by atoms with van der Waals surface area (Å²) in [6, 6.07) is 4.44. The van der Waals surface area contributed by atoms with Crippen molar-refractivity contribution in [2.24, 2.45) is 0 Å². The lowest BCUT2D eigenvalue weighted by Crippen LogP contribution is -2.61. The lowest BCUT2D eigenvalue weighted by Gasteiger charge is -2.40. The molecule has 3 N–H and O–H groups in total. The highest BCUT2D eigenvalue weighted by Gasteiger charge is 2.45. The fraction of sp³-hybridized carbons (Fsp3) is 0.348. The molecule has 4 aromatic rings. The standard InChI is InChI=1S/C23H24F2N8O2/c1-15(23(34,12-32-14-27-13-28-32)18-4-3-16(24)9-19(18)25)31-7-8-33-21(11-31)29-22(30-33)17-10-26-6-5-20(17)35-2/h3-6,9-10,13-15,34H,7-8,11-12H2,1-2H3/p+2/t15-,23-/m1/s1. The van der Waals surface area contributed by atoms with Crippen LogP contribution in [0.15, 0.2) is 49.3 Å². The number of pyridine rings is 1. The lowest BCUT2D eigenvalue weighted by atomic mass is 9.85. The average molecular weight is 485 g/mol. The van der Waals surface area contributed by atoms with E-state index in [1.54, 1.807) is 30.3 Å². The Kier molecular flexibility index (Phi) is 5.99. The quantitative estimate of drug-likeness (QED) is 0.336. The predicted octanol–water partition coefficient (Wildman–Crippen LogP) is 0.849. The summed E-state index contributed by atoms with van der Waals surface area (Å²) in [4.78, 5) is 14.9. The molecule has 1 aliphatic heterocycles. The van der Waals surface area contributed by atoms with Crippen molar-refractivity contribution in [3.8, 4) is 17.1 Å². The molecule has 0 unspecified atom stereocenters. The van der Waals surface area contributed by atoms with Gasteiger partial charge in [-0.2, -0.15) is 19.6 Å². The van der Waals surface area contributed by atoms with Gasteiger partial charge in [-0.25, -0.2) is 8.78 Å². The maximum Gasteiger partial charge on any atom is 0.333 e. The van der Waals surface area contributed by atoms with Crippen molar-refractivity contribution < 1.29 is 28.0 Å². The van der Waals surface area contributed by atoms with Crippen molar-refractivity contribution in [2.45, 2.75) is 38.2 Å². The van der Waals surface area contributed by atoms with Crippen LogP contribution in [-0.4, -0.2) is 54.9 Å². The smallest absolute Gasteiger partial charge is 0.333 e. The van der Waals surface area contributed by atoms with E-state index >= 15 is 0 Å². The van der Waals surface area contributed by atoms with Crippen molar-refractivity contribution in [2.75, 3.05) is 13.7 Å². The molecular weight excluding hydrogens is 458 g/mol. The lowest BCUT2D eigenvalue weighted by molar-refractivity contribution is -0.768. The van der Waals surface area contributed by atoms with E-state index in [-0.39, 0.29) is 12.1 Å². The van der Waals surface area contributed by atoms with Crippen LogP contribution < -0.4 is 14.1 Å². The number of hydrogen-bond acceptors (Lipinski definition) is 6. The summed E-state index contributed by atoms with van der Waals surface area (Å²) >= 11 is 0. The molecule has 0 spiro atoms. The van der Waals surface area contributed by atoms with E-state index in [1.807, 2.05) is 16.5 Å². The van der Waals surface area contributed by atoms with Crippen molar-refractivity contribution in [1.29, 1.82) is 0 Å². The molecular formula is C23H26F2N8O2+2. The largest absolute Gasteiger partial charge is 0.496 e. The third kappa shape index (κ3) is 4.26. The van der Waals surface area contributed by atoms with Gasteiger partial charge in [0.15, 0.2) is 0 Å². The van der Waals surface area contributed by atoms with Gasteiger partial charge in [-0.05, 0) is 29.0 Å². The fourth-order valence-corrected chi connectivity index (χ4v) is 4.58. The molecule has 0 amide bonds. The molecule has 3 aromatic heterocycles. The van der Waals surface area contributed by atoms with Crippen molar-refractivity contribution >= 4 is 0 Å². The number of rotatable bonds is 7. The van der Waals surface area contributed by atoms with Gasteiger partial charge < -0.3 is 9.84 Å². The third-order valence-corrected chi connectivity index (χ3v) is 6.56. The minimum Gasteiger partial charge on any atom is -0.496 e. The van der Waals surface area contributed by atoms with Crippen LogP contribution in [0.25, 0.3) is 11.4 Å². The molecule has 0 saturated heterocycles. The Morgan fingerprint density at radius 3 is 2.89 bits per heavy atom. The van der Waals surface area contributed by atoms with Crippen molar-refractivity contribution in [3.63, 3.8) is 0 Å². The number of aliphatic hydroxyl groups is 1. The summed E-state index contributed by atoms with van der Waals surface area (Å²) < 4.78 is 37.5. The van der Waals surface area contributed by atoms with E-state index in [0.717, 1.165) is 23.5 Å². The number of nitrogens with zero attached hydrogens (tertiary/aromatic N) is 6. The normalized spacial score (nSPS) is 16.5. The number of methoxy groups -OCH3 is 1. The molecule has 4 heterocycles. The van der Waals surface area contributed by atoms with E-state index in [4.69, 9.17) is 9.72 Å². The van der Waals surface area contributed by atoms with Gasteiger partial charge in [0.2, 0.25) is 6.33 Å². The Bertz CT molecular complexity index is 1330. The SMILES string of the molecule is COc1ccncc1-c1nc2[n+]([nH]1)CCN([C@H](C)[C@](O)(C[n+]1cnc[nH]1)c1ccc(F)cc1F)C2. The molecule has 0 aliphatic carbocycles. The topological polar surface area (TPSA) is 111 Å². The first-order chi connectivity index (χ1) is 16.9. The monoisotopic (exact) mass is 484 g/mol. The molecule has 0 saturated carbocycles. The summed E-state index contributed by atoms with van der Waals surface area (Å²) in [6.07, 6.45) is 6.30. The minimum absolute atomic E-state index is 0.00802. The minimum atomic E-state index is -1.69. The summed E-state index contributed by atoms with van der Waals surface area (Å²) in [7, 11) is 1.59. The first-order valence-corrected chi connectivity index (χ1v) is 11.2. The van der Waals surface area contributed by atoms with E-state index < -0.39 is 23.3 Å². The van der Waals surface area contributed by atoms with E-state index in [2.05, 4.69) is 20.2 Å². The number of H-pyrrole nitrogens is 2. The number of benzene rings is 1. The van der Waals surface area contributed by atoms with Gasteiger partial charge in [0, 0.05) is 36.6 Å². The van der Waals surface area contributed by atoms with Crippen molar-refractivity contribution in [1.82, 2.24) is 30.0 Å². The zero-order valence-electron chi connectivity index (χ0n) is 19.3. The Morgan fingerprint density at radius 1 is 1.29 bits per heavy atom. The van der Waals surface area contributed by atoms with E-state index in [9.17, 15) is 13.9 Å². The van der Waals surface area contributed by atoms with Crippen LogP contribution in [0.1, 0.15) is 18.3 Å². The fourth-order valence-electron chi connectivity index (χ4n) is 4.58. The number of fused-ring (bicyclic) bond motifs is 1. The molecule has 12 heteroatoms. The third-order valence-electron chi connectivity index (χ3n) is 6.56. The Labute approximate surface area is 199 Å². The molecule has 0 radical (unpaired) electrons. The highest BCUT2D eigenvalue weighted by molar-refractivity contribution is 5.61. The molecule has 5 rings (SSSR count). The van der Waals surface area contributed by atoms with Crippen LogP contribution >= 0.6 is 0 Å². The Morgan fingerprint density at radius 2 is 2.14 bits per heavy atom. The number of aromatic nitrogens is 7. The second-order valence-corrected chi connectivity index (χ2v) is 8.56. The van der Waals surface area contributed by atoms with Crippen LogP contribution in [0, 0.1) is 11.6 Å². The summed E-state index contributed by atoms with van der Waals surface area (Å²) in [6.45, 7) is 3.37. The maximum absolute atomic E-state index is 14.9. The second kappa shape index (κ2) is 9.12. The van der Waals surface area contributed by atoms with Crippen LogP contribution in [0.5, 0.6) is 5.75 Å². The average Bonchev–Trinajstić information content (AvgIpc) is 3.52. The molecule has 1 aliphatic rings. The molecule has 10 nitrogen and oxygen atoms in total. The Balaban J connectivity index is 1.46. The van der Waals surface area contributed by atoms with Crippen LogP contribution in [-0.2, 0) is 25.2 Å². The van der Waals surface area contributed by atoms with Crippen LogP contribution in [0.4, 0.5) is 8.78 Å². The number of ether oxygens (including phenoxy) is 1. The zero-order chi connectivity index (χ0) is 24.6. The van der Waals surface area contributed by atoms with Gasteiger partial charge in [0.05, 0.1) is 7.11 Å². The highest BCUT2D eigenvalue weighted by Crippen LogP contribution is 2.33. The van der Waals surface area contributed by atoms with E-state index in [0.29, 0.717) is 31.2 Å².